The zero-order chi connectivity index (χ0) is 24.5. The van der Waals surface area contributed by atoms with Crippen LogP contribution < -0.4 is 10.2 Å². The molecule has 6 nitrogen and oxygen atoms in total. The zero-order valence-corrected chi connectivity index (χ0v) is 22.7. The summed E-state index contributed by atoms with van der Waals surface area (Å²) < 4.78 is 2.29. The van der Waals surface area contributed by atoms with E-state index in [1.165, 1.54) is 4.70 Å². The number of benzene rings is 2. The van der Waals surface area contributed by atoms with Gasteiger partial charge in [0.1, 0.15) is 0 Å². The van der Waals surface area contributed by atoms with Crippen LogP contribution in [0.25, 0.3) is 31.7 Å². The van der Waals surface area contributed by atoms with Crippen molar-refractivity contribution in [2.45, 2.75) is 0 Å². The molecular formula is C27H24BrN5OS2. The molecule has 3 aromatic heterocycles. The number of rotatable bonds is 6. The number of amides is 1. The Balaban J connectivity index is 1.07. The van der Waals surface area contributed by atoms with Gasteiger partial charge in [0.15, 0.2) is 5.13 Å². The molecule has 36 heavy (non-hydrogen) atoms. The molecule has 1 saturated heterocycles. The number of nitrogens with zero attached hydrogens (tertiary/aromatic N) is 4. The number of fused-ring (bicyclic) bond motifs is 2. The molecule has 9 heteroatoms. The number of piperazine rings is 1. The molecule has 5 aromatic rings. The average molecular weight is 579 g/mol. The number of hydrogen-bond acceptors (Lipinski definition) is 7. The molecule has 2 aromatic carbocycles. The Bertz CT molecular complexity index is 1530. The largest absolute Gasteiger partial charge is 0.351 e. The second-order valence-corrected chi connectivity index (χ2v) is 11.6. The molecule has 0 unspecified atom stereocenters. The summed E-state index contributed by atoms with van der Waals surface area (Å²) >= 11 is 6.92. The smallest absolute Gasteiger partial charge is 0.252 e. The van der Waals surface area contributed by atoms with Crippen LogP contribution in [0.1, 0.15) is 10.4 Å². The lowest BCUT2D eigenvalue weighted by molar-refractivity contribution is 0.0949. The number of nitrogens with one attached hydrogen (secondary N) is 1. The van der Waals surface area contributed by atoms with E-state index in [0.717, 1.165) is 69.3 Å². The Morgan fingerprint density at radius 2 is 1.83 bits per heavy atom. The highest BCUT2D eigenvalue weighted by molar-refractivity contribution is 9.10. The van der Waals surface area contributed by atoms with E-state index >= 15 is 0 Å². The van der Waals surface area contributed by atoms with Crippen LogP contribution in [0.4, 0.5) is 5.13 Å². The van der Waals surface area contributed by atoms with E-state index in [2.05, 4.69) is 43.2 Å². The third-order valence-corrected chi connectivity index (χ3v) is 8.89. The molecule has 182 valence electrons. The minimum Gasteiger partial charge on any atom is -0.351 e. The molecule has 1 amide bonds. The fraction of sp³-hybridized carbons (Fsp3) is 0.222. The van der Waals surface area contributed by atoms with Gasteiger partial charge in [-0.1, -0.05) is 51.5 Å². The fourth-order valence-electron chi connectivity index (χ4n) is 4.52. The molecule has 4 heterocycles. The van der Waals surface area contributed by atoms with Crippen molar-refractivity contribution in [3.05, 3.63) is 76.1 Å². The molecule has 1 fully saturated rings. The summed E-state index contributed by atoms with van der Waals surface area (Å²) in [5.41, 5.74) is 3.41. The first-order valence-electron chi connectivity index (χ1n) is 11.9. The molecule has 1 aliphatic rings. The number of hydrogen-bond donors (Lipinski definition) is 1. The van der Waals surface area contributed by atoms with Crippen LogP contribution in [0.2, 0.25) is 0 Å². The summed E-state index contributed by atoms with van der Waals surface area (Å²) in [4.78, 5) is 28.6. The first-order valence-corrected chi connectivity index (χ1v) is 14.4. The zero-order valence-electron chi connectivity index (χ0n) is 19.5. The Kier molecular flexibility index (Phi) is 6.71. The van der Waals surface area contributed by atoms with Gasteiger partial charge >= 0.3 is 0 Å². The maximum Gasteiger partial charge on any atom is 0.252 e. The topological polar surface area (TPSA) is 61.4 Å². The molecule has 0 atom stereocenters. The summed E-state index contributed by atoms with van der Waals surface area (Å²) in [5.74, 6) is -0.0503. The van der Waals surface area contributed by atoms with Gasteiger partial charge in [-0.05, 0) is 41.8 Å². The number of anilines is 1. The lowest BCUT2D eigenvalue weighted by atomic mass is 10.1. The van der Waals surface area contributed by atoms with Gasteiger partial charge in [-0.2, -0.15) is 0 Å². The summed E-state index contributed by atoms with van der Waals surface area (Å²) in [5, 5.41) is 7.14. The number of aromatic nitrogens is 2. The number of carbonyl (C=O) groups is 1. The minimum atomic E-state index is -0.0503. The molecule has 0 bridgehead atoms. The lowest BCUT2D eigenvalue weighted by Gasteiger charge is -2.34. The fourth-order valence-corrected chi connectivity index (χ4v) is 6.78. The van der Waals surface area contributed by atoms with Crippen molar-refractivity contribution in [3.8, 4) is 10.6 Å². The molecule has 0 radical (unpaired) electrons. The van der Waals surface area contributed by atoms with Crippen molar-refractivity contribution in [1.82, 2.24) is 20.2 Å². The molecule has 1 N–H and O–H groups in total. The second-order valence-electron chi connectivity index (χ2n) is 8.74. The van der Waals surface area contributed by atoms with Gasteiger partial charge in [0.2, 0.25) is 0 Å². The molecule has 6 rings (SSSR count). The SMILES string of the molecule is O=C(NCCN1CCN(c2nc3ccc(Br)cc3s2)CC1)c1cc(-c2cccs2)nc2ccccc12. The highest BCUT2D eigenvalue weighted by Crippen LogP contribution is 2.31. The van der Waals surface area contributed by atoms with Crippen LogP contribution in [0, 0.1) is 0 Å². The molecular weight excluding hydrogens is 554 g/mol. The summed E-state index contributed by atoms with van der Waals surface area (Å²) in [6, 6.07) is 20.0. The second kappa shape index (κ2) is 10.3. The van der Waals surface area contributed by atoms with E-state index in [9.17, 15) is 4.79 Å². The molecule has 0 aliphatic carbocycles. The summed E-state index contributed by atoms with van der Waals surface area (Å²) in [6.07, 6.45) is 0. The van der Waals surface area contributed by atoms with Crippen molar-refractivity contribution in [3.63, 3.8) is 0 Å². The highest BCUT2D eigenvalue weighted by Gasteiger charge is 2.20. The number of thiophene rings is 1. The van der Waals surface area contributed by atoms with Crippen molar-refractivity contribution in [1.29, 1.82) is 0 Å². The quantitative estimate of drug-likeness (QED) is 0.273. The van der Waals surface area contributed by atoms with Gasteiger partial charge in [-0.25, -0.2) is 9.97 Å². The first-order chi connectivity index (χ1) is 17.6. The Labute approximate surface area is 225 Å². The van der Waals surface area contributed by atoms with Crippen LogP contribution in [0.15, 0.2) is 70.5 Å². The van der Waals surface area contributed by atoms with E-state index < -0.39 is 0 Å². The van der Waals surface area contributed by atoms with Crippen LogP contribution in [0.3, 0.4) is 0 Å². The first kappa shape index (κ1) is 23.5. The summed E-state index contributed by atoms with van der Waals surface area (Å²) in [6.45, 7) is 5.22. The minimum absolute atomic E-state index is 0.0503. The summed E-state index contributed by atoms with van der Waals surface area (Å²) in [7, 11) is 0. The van der Waals surface area contributed by atoms with E-state index in [1.807, 2.05) is 53.9 Å². The van der Waals surface area contributed by atoms with Crippen LogP contribution >= 0.6 is 38.6 Å². The monoisotopic (exact) mass is 577 g/mol. The average Bonchev–Trinajstić information content (AvgIpc) is 3.59. The van der Waals surface area contributed by atoms with Gasteiger partial charge in [0.25, 0.3) is 5.91 Å². The third-order valence-electron chi connectivity index (χ3n) is 6.43. The van der Waals surface area contributed by atoms with Gasteiger partial charge < -0.3 is 10.2 Å². The number of thiazole rings is 1. The van der Waals surface area contributed by atoms with Crippen molar-refractivity contribution in [2.75, 3.05) is 44.2 Å². The van der Waals surface area contributed by atoms with Crippen LogP contribution in [-0.4, -0.2) is 60.0 Å². The van der Waals surface area contributed by atoms with E-state index in [1.54, 1.807) is 22.7 Å². The van der Waals surface area contributed by atoms with Gasteiger partial charge in [-0.15, -0.1) is 11.3 Å². The van der Waals surface area contributed by atoms with Crippen molar-refractivity contribution in [2.24, 2.45) is 0 Å². The van der Waals surface area contributed by atoms with E-state index in [-0.39, 0.29) is 5.91 Å². The Hall–Kier alpha value is -2.85. The Morgan fingerprint density at radius 3 is 2.67 bits per heavy atom. The van der Waals surface area contributed by atoms with E-state index in [0.29, 0.717) is 12.1 Å². The molecule has 1 aliphatic heterocycles. The lowest BCUT2D eigenvalue weighted by Crippen LogP contribution is -2.48. The number of para-hydroxylation sites is 1. The molecule has 0 saturated carbocycles. The normalized spacial score (nSPS) is 14.5. The maximum absolute atomic E-state index is 13.2. The molecule has 0 spiro atoms. The number of carbonyl (C=O) groups excluding carboxylic acids is 1. The van der Waals surface area contributed by atoms with E-state index in [4.69, 9.17) is 9.97 Å². The predicted octanol–water partition coefficient (Wildman–Crippen LogP) is 5.89. The Morgan fingerprint density at radius 1 is 0.972 bits per heavy atom. The van der Waals surface area contributed by atoms with Gasteiger partial charge in [0.05, 0.1) is 31.9 Å². The van der Waals surface area contributed by atoms with Crippen molar-refractivity contribution >= 4 is 70.8 Å². The highest BCUT2D eigenvalue weighted by atomic mass is 79.9. The predicted molar refractivity (Wildman–Crippen MR) is 153 cm³/mol. The third kappa shape index (κ3) is 4.88. The standard InChI is InChI=1S/C27H24BrN5OS2/c28-18-7-8-22-25(16-18)36-27(31-22)33-13-11-32(12-14-33)10-9-29-26(34)20-17-23(24-6-3-15-35-24)30-21-5-2-1-4-19(20)21/h1-8,15-17H,9-14H2,(H,29,34). The van der Waals surface area contributed by atoms with Gasteiger partial charge in [-0.3, -0.25) is 9.69 Å². The maximum atomic E-state index is 13.2. The van der Waals surface area contributed by atoms with Crippen LogP contribution in [-0.2, 0) is 0 Å². The number of halogens is 1. The van der Waals surface area contributed by atoms with Gasteiger partial charge in [0, 0.05) is 49.1 Å². The number of pyridine rings is 1. The van der Waals surface area contributed by atoms with Crippen LogP contribution in [0.5, 0.6) is 0 Å². The van der Waals surface area contributed by atoms with Crippen molar-refractivity contribution < 1.29 is 4.79 Å².